The van der Waals surface area contributed by atoms with Crippen molar-refractivity contribution in [2.75, 3.05) is 20.3 Å². The van der Waals surface area contributed by atoms with Gasteiger partial charge in [0.25, 0.3) is 5.91 Å². The molecule has 1 saturated carbocycles. The smallest absolute Gasteiger partial charge is 0.255 e. The molecular weight excluding hydrogens is 270 g/mol. The number of aromatic nitrogens is 2. The molecule has 0 spiro atoms. The maximum atomic E-state index is 12.4. The Morgan fingerprint density at radius 2 is 2.24 bits per heavy atom. The van der Waals surface area contributed by atoms with Crippen molar-refractivity contribution in [3.05, 3.63) is 17.5 Å². The first kappa shape index (κ1) is 16.0. The first-order valence-corrected chi connectivity index (χ1v) is 7.60. The second-order valence-corrected chi connectivity index (χ2v) is 5.74. The summed E-state index contributed by atoms with van der Waals surface area (Å²) in [5.74, 6) is 0.190. The number of hydrogen-bond donors (Lipinski definition) is 2. The lowest BCUT2D eigenvalue weighted by Gasteiger charge is -2.21. The van der Waals surface area contributed by atoms with Crippen LogP contribution in [0.25, 0.3) is 0 Å². The lowest BCUT2D eigenvalue weighted by atomic mass is 9.85. The summed E-state index contributed by atoms with van der Waals surface area (Å²) in [7, 11) is 3.38. The molecule has 6 nitrogen and oxygen atoms in total. The van der Waals surface area contributed by atoms with Crippen LogP contribution >= 0.6 is 0 Å². The Bertz CT molecular complexity index is 467. The maximum absolute atomic E-state index is 12.4. The zero-order valence-corrected chi connectivity index (χ0v) is 12.8. The highest BCUT2D eigenvalue weighted by atomic mass is 16.5. The van der Waals surface area contributed by atoms with E-state index in [0.717, 1.165) is 18.5 Å². The fourth-order valence-corrected chi connectivity index (χ4v) is 2.96. The second kappa shape index (κ2) is 7.56. The molecule has 1 atom stereocenters. The Morgan fingerprint density at radius 3 is 2.86 bits per heavy atom. The van der Waals surface area contributed by atoms with Crippen LogP contribution in [0.4, 0.5) is 0 Å². The average molecular weight is 295 g/mol. The minimum atomic E-state index is -0.387. The summed E-state index contributed by atoms with van der Waals surface area (Å²) < 4.78 is 6.69. The van der Waals surface area contributed by atoms with E-state index in [9.17, 15) is 9.90 Å². The SMILES string of the molecule is COC[C@H](CO)NC(=O)c1cn(C)nc1C1CCCCC1. The number of rotatable bonds is 6. The van der Waals surface area contributed by atoms with Gasteiger partial charge >= 0.3 is 0 Å². The van der Waals surface area contributed by atoms with Crippen LogP contribution in [0, 0.1) is 0 Å². The van der Waals surface area contributed by atoms with Crippen LogP contribution in [-0.4, -0.2) is 47.2 Å². The first-order valence-electron chi connectivity index (χ1n) is 7.60. The second-order valence-electron chi connectivity index (χ2n) is 5.74. The average Bonchev–Trinajstić information content (AvgIpc) is 2.89. The number of amides is 1. The van der Waals surface area contributed by atoms with Gasteiger partial charge in [-0.15, -0.1) is 0 Å². The topological polar surface area (TPSA) is 76.4 Å². The van der Waals surface area contributed by atoms with Gasteiger partial charge in [0.05, 0.1) is 30.5 Å². The molecule has 1 amide bonds. The van der Waals surface area contributed by atoms with E-state index in [0.29, 0.717) is 18.1 Å². The quantitative estimate of drug-likeness (QED) is 0.827. The summed E-state index contributed by atoms with van der Waals surface area (Å²) in [4.78, 5) is 12.4. The van der Waals surface area contributed by atoms with Gasteiger partial charge in [0.15, 0.2) is 0 Å². The molecule has 21 heavy (non-hydrogen) atoms. The van der Waals surface area contributed by atoms with Crippen molar-refractivity contribution in [3.63, 3.8) is 0 Å². The summed E-state index contributed by atoms with van der Waals surface area (Å²) in [6.07, 6.45) is 7.62. The Balaban J connectivity index is 2.12. The Kier molecular flexibility index (Phi) is 5.76. The minimum absolute atomic E-state index is 0.140. The number of hydrogen-bond acceptors (Lipinski definition) is 4. The van der Waals surface area contributed by atoms with Gasteiger partial charge in [-0.2, -0.15) is 5.10 Å². The maximum Gasteiger partial charge on any atom is 0.255 e. The Labute approximate surface area is 125 Å². The van der Waals surface area contributed by atoms with E-state index in [1.165, 1.54) is 19.3 Å². The number of ether oxygens (including phenoxy) is 1. The fraction of sp³-hybridized carbons (Fsp3) is 0.733. The summed E-state index contributed by atoms with van der Waals surface area (Å²) in [6.45, 7) is 0.153. The molecular formula is C15H25N3O3. The van der Waals surface area contributed by atoms with Gasteiger partial charge < -0.3 is 15.2 Å². The molecule has 1 fully saturated rings. The molecule has 0 aliphatic heterocycles. The lowest BCUT2D eigenvalue weighted by molar-refractivity contribution is 0.0838. The van der Waals surface area contributed by atoms with Gasteiger partial charge in [0.1, 0.15) is 0 Å². The molecule has 118 valence electrons. The van der Waals surface area contributed by atoms with Gasteiger partial charge in [-0.25, -0.2) is 0 Å². The number of aliphatic hydroxyl groups is 1. The molecule has 0 radical (unpaired) electrons. The van der Waals surface area contributed by atoms with E-state index >= 15 is 0 Å². The van der Waals surface area contributed by atoms with Crippen LogP contribution in [0.2, 0.25) is 0 Å². The molecule has 0 bridgehead atoms. The number of aliphatic hydroxyl groups excluding tert-OH is 1. The van der Waals surface area contributed by atoms with E-state index in [1.54, 1.807) is 18.0 Å². The lowest BCUT2D eigenvalue weighted by Crippen LogP contribution is -2.40. The van der Waals surface area contributed by atoms with Crippen LogP contribution in [0.15, 0.2) is 6.20 Å². The number of nitrogens with one attached hydrogen (secondary N) is 1. The van der Waals surface area contributed by atoms with E-state index in [-0.39, 0.29) is 18.6 Å². The zero-order valence-electron chi connectivity index (χ0n) is 12.8. The molecule has 2 rings (SSSR count). The summed E-state index contributed by atoms with van der Waals surface area (Å²) >= 11 is 0. The third-order valence-corrected chi connectivity index (χ3v) is 4.02. The fourth-order valence-electron chi connectivity index (χ4n) is 2.96. The third-order valence-electron chi connectivity index (χ3n) is 4.02. The van der Waals surface area contributed by atoms with Crippen molar-refractivity contribution in [2.45, 2.75) is 44.1 Å². The molecule has 1 aromatic heterocycles. The Morgan fingerprint density at radius 1 is 1.52 bits per heavy atom. The number of carbonyl (C=O) groups is 1. The summed E-state index contributed by atoms with van der Waals surface area (Å²) in [6, 6.07) is -0.387. The van der Waals surface area contributed by atoms with E-state index in [2.05, 4.69) is 10.4 Å². The normalized spacial score (nSPS) is 17.7. The molecule has 1 aromatic rings. The van der Waals surface area contributed by atoms with Crippen molar-refractivity contribution in [1.82, 2.24) is 15.1 Å². The van der Waals surface area contributed by atoms with Crippen molar-refractivity contribution >= 4 is 5.91 Å². The van der Waals surface area contributed by atoms with Crippen molar-refractivity contribution in [2.24, 2.45) is 7.05 Å². The van der Waals surface area contributed by atoms with Crippen LogP contribution in [0.5, 0.6) is 0 Å². The van der Waals surface area contributed by atoms with Gasteiger partial charge in [-0.1, -0.05) is 19.3 Å². The monoisotopic (exact) mass is 295 g/mol. The number of nitrogens with zero attached hydrogens (tertiary/aromatic N) is 2. The van der Waals surface area contributed by atoms with Crippen molar-refractivity contribution < 1.29 is 14.6 Å². The predicted octanol–water partition coefficient (Wildman–Crippen LogP) is 1.20. The summed E-state index contributed by atoms with van der Waals surface area (Å²) in [5.41, 5.74) is 1.52. The zero-order chi connectivity index (χ0) is 15.2. The summed E-state index contributed by atoms with van der Waals surface area (Å²) in [5, 5.41) is 16.6. The van der Waals surface area contributed by atoms with Crippen LogP contribution in [-0.2, 0) is 11.8 Å². The largest absolute Gasteiger partial charge is 0.394 e. The third kappa shape index (κ3) is 4.04. The highest BCUT2D eigenvalue weighted by Crippen LogP contribution is 2.33. The Hall–Kier alpha value is -1.40. The number of carbonyl (C=O) groups excluding carboxylic acids is 1. The van der Waals surface area contributed by atoms with Crippen LogP contribution < -0.4 is 5.32 Å². The predicted molar refractivity (Wildman–Crippen MR) is 79.3 cm³/mol. The van der Waals surface area contributed by atoms with Crippen molar-refractivity contribution in [1.29, 1.82) is 0 Å². The molecule has 6 heteroatoms. The van der Waals surface area contributed by atoms with Gasteiger partial charge in [-0.3, -0.25) is 9.48 Å². The van der Waals surface area contributed by atoms with Crippen LogP contribution in [0.1, 0.15) is 54.1 Å². The highest BCUT2D eigenvalue weighted by Gasteiger charge is 2.25. The van der Waals surface area contributed by atoms with Gasteiger partial charge in [0.2, 0.25) is 0 Å². The van der Waals surface area contributed by atoms with Crippen LogP contribution in [0.3, 0.4) is 0 Å². The van der Waals surface area contributed by atoms with E-state index < -0.39 is 0 Å². The molecule has 1 aliphatic carbocycles. The van der Waals surface area contributed by atoms with Crippen molar-refractivity contribution in [3.8, 4) is 0 Å². The number of methoxy groups -OCH3 is 1. The van der Waals surface area contributed by atoms with E-state index in [1.807, 2.05) is 7.05 Å². The standard InChI is InChI=1S/C15H25N3O3/c1-18-8-13(15(20)16-12(9-19)10-21-2)14(17-18)11-6-4-3-5-7-11/h8,11-12,19H,3-7,9-10H2,1-2H3,(H,16,20)/t12-/m0/s1. The van der Waals surface area contributed by atoms with Gasteiger partial charge in [0, 0.05) is 26.3 Å². The molecule has 2 N–H and O–H groups in total. The molecule has 0 aromatic carbocycles. The molecule has 1 heterocycles. The highest BCUT2D eigenvalue weighted by molar-refractivity contribution is 5.95. The van der Waals surface area contributed by atoms with Gasteiger partial charge in [-0.05, 0) is 12.8 Å². The first-order chi connectivity index (χ1) is 10.2. The molecule has 0 saturated heterocycles. The molecule has 1 aliphatic rings. The number of aryl methyl sites for hydroxylation is 1. The minimum Gasteiger partial charge on any atom is -0.394 e. The van der Waals surface area contributed by atoms with E-state index in [4.69, 9.17) is 4.74 Å². The molecule has 0 unspecified atom stereocenters.